The zero-order valence-electron chi connectivity index (χ0n) is 15.0. The maximum Gasteiger partial charge on any atom is 0.315 e. The van der Waals surface area contributed by atoms with E-state index in [0.717, 1.165) is 19.3 Å². The number of amides is 3. The molecule has 0 aromatic carbocycles. The van der Waals surface area contributed by atoms with E-state index in [4.69, 9.17) is 0 Å². The van der Waals surface area contributed by atoms with Gasteiger partial charge >= 0.3 is 19.2 Å². The Labute approximate surface area is 142 Å². The van der Waals surface area contributed by atoms with Crippen molar-refractivity contribution in [3.8, 4) is 0 Å². The van der Waals surface area contributed by atoms with Gasteiger partial charge in [-0.15, -0.1) is 4.48 Å². The summed E-state index contributed by atoms with van der Waals surface area (Å²) < 4.78 is -0.710. The zero-order valence-corrected chi connectivity index (χ0v) is 15.0. The Morgan fingerprint density at radius 1 is 0.522 bits per heavy atom. The van der Waals surface area contributed by atoms with Crippen LogP contribution in [0.3, 0.4) is 0 Å². The van der Waals surface area contributed by atoms with Crippen LogP contribution in [0.25, 0.3) is 0 Å². The molecule has 0 heterocycles. The summed E-state index contributed by atoms with van der Waals surface area (Å²) in [5.74, 6) is 0. The van der Waals surface area contributed by atoms with Gasteiger partial charge in [0, 0.05) is 0 Å². The van der Waals surface area contributed by atoms with Crippen molar-refractivity contribution in [1.82, 2.24) is 0 Å². The molecule has 0 aromatic rings. The second-order valence-electron chi connectivity index (χ2n) is 6.63. The van der Waals surface area contributed by atoms with E-state index in [9.17, 15) is 14.4 Å². The van der Waals surface area contributed by atoms with Crippen LogP contribution in [0, 0.1) is 0 Å². The first kappa shape index (κ1) is 22.0. The van der Waals surface area contributed by atoms with Gasteiger partial charge < -0.3 is 0 Å². The van der Waals surface area contributed by atoms with Gasteiger partial charge in [0.2, 0.25) is 0 Å². The van der Waals surface area contributed by atoms with Crippen molar-refractivity contribution < 1.29 is 18.9 Å². The Bertz CT molecular complexity index is 283. The minimum absolute atomic E-state index is 0.300. The van der Waals surface area contributed by atoms with Gasteiger partial charge in [-0.25, -0.2) is 14.4 Å². The second-order valence-corrected chi connectivity index (χ2v) is 6.63. The Balaban J connectivity index is 3.29. The van der Waals surface area contributed by atoms with Crippen LogP contribution in [-0.4, -0.2) is 30.3 Å². The Kier molecular flexibility index (Phi) is 15.1. The summed E-state index contributed by atoms with van der Waals surface area (Å²) in [7, 11) is 0. The van der Waals surface area contributed by atoms with Crippen LogP contribution in [0.4, 0.5) is 0 Å². The van der Waals surface area contributed by atoms with Crippen LogP contribution in [0.15, 0.2) is 0 Å². The van der Waals surface area contributed by atoms with E-state index in [-0.39, 0.29) is 0 Å². The number of carbonyl (C=O) groups excluding carboxylic acids is 3. The molecule has 0 rings (SSSR count). The Morgan fingerprint density at radius 2 is 0.826 bits per heavy atom. The molecular formula is C19H36NO3+. The average molecular weight is 327 g/mol. The van der Waals surface area contributed by atoms with Crippen LogP contribution >= 0.6 is 0 Å². The molecule has 0 saturated carbocycles. The number of quaternary nitrogens is 1. The highest BCUT2D eigenvalue weighted by Gasteiger charge is 2.25. The first-order chi connectivity index (χ1) is 11.2. The fourth-order valence-electron chi connectivity index (χ4n) is 2.81. The SMILES string of the molecule is CCCCCCCCCCCCCCCC[N+](C=O)(C=O)C=O. The molecule has 0 radical (unpaired) electrons. The van der Waals surface area contributed by atoms with Crippen molar-refractivity contribution in [3.63, 3.8) is 0 Å². The lowest BCUT2D eigenvalue weighted by molar-refractivity contribution is -0.672. The number of hydrogen-bond acceptors (Lipinski definition) is 3. The van der Waals surface area contributed by atoms with Crippen molar-refractivity contribution in [2.45, 2.75) is 96.8 Å². The number of carbonyl (C=O) groups is 3. The lowest BCUT2D eigenvalue weighted by Crippen LogP contribution is -2.44. The summed E-state index contributed by atoms with van der Waals surface area (Å²) in [5.41, 5.74) is 0. The van der Waals surface area contributed by atoms with E-state index in [2.05, 4.69) is 6.92 Å². The molecule has 0 saturated heterocycles. The highest BCUT2D eigenvalue weighted by molar-refractivity contribution is 5.69. The molecule has 0 aliphatic heterocycles. The smallest absolute Gasteiger partial charge is 0.233 e. The van der Waals surface area contributed by atoms with Gasteiger partial charge in [-0.3, -0.25) is 0 Å². The first-order valence-corrected chi connectivity index (χ1v) is 9.51. The summed E-state index contributed by atoms with van der Waals surface area (Å²) >= 11 is 0. The molecule has 134 valence electrons. The predicted octanol–water partition coefficient (Wildman–Crippen LogP) is 4.75. The predicted molar refractivity (Wildman–Crippen MR) is 93.6 cm³/mol. The fourth-order valence-corrected chi connectivity index (χ4v) is 2.81. The summed E-state index contributed by atoms with van der Waals surface area (Å²) in [5, 5.41) is 0. The van der Waals surface area contributed by atoms with Crippen LogP contribution < -0.4 is 0 Å². The van der Waals surface area contributed by atoms with Crippen LogP contribution in [0.2, 0.25) is 0 Å². The lowest BCUT2D eigenvalue weighted by Gasteiger charge is -2.15. The van der Waals surface area contributed by atoms with Crippen LogP contribution in [0.5, 0.6) is 0 Å². The standard InChI is InChI=1S/C19H36NO3/c1-2-3-4-5-6-7-8-9-10-11-12-13-14-15-16-20(17-21,18-22)19-23/h17-19H,2-16H2,1H3/q+1. The number of unbranched alkanes of at least 4 members (excludes halogenated alkanes) is 13. The average Bonchev–Trinajstić information content (AvgIpc) is 2.59. The molecule has 0 bridgehead atoms. The number of hydrogen-bond donors (Lipinski definition) is 0. The molecule has 4 nitrogen and oxygen atoms in total. The summed E-state index contributed by atoms with van der Waals surface area (Å²) in [6.45, 7) is 2.55. The van der Waals surface area contributed by atoms with E-state index in [1.54, 1.807) is 0 Å². The van der Waals surface area contributed by atoms with Gasteiger partial charge in [0.05, 0.1) is 6.54 Å². The van der Waals surface area contributed by atoms with Crippen molar-refractivity contribution in [2.75, 3.05) is 6.54 Å². The summed E-state index contributed by atoms with van der Waals surface area (Å²) in [6, 6.07) is 0. The third kappa shape index (κ3) is 12.1. The molecular weight excluding hydrogens is 290 g/mol. The minimum atomic E-state index is -0.710. The monoisotopic (exact) mass is 326 g/mol. The van der Waals surface area contributed by atoms with Gasteiger partial charge in [-0.1, -0.05) is 84.0 Å². The van der Waals surface area contributed by atoms with Gasteiger partial charge in [0.1, 0.15) is 0 Å². The third-order valence-electron chi connectivity index (χ3n) is 4.49. The maximum absolute atomic E-state index is 10.8. The van der Waals surface area contributed by atoms with Gasteiger partial charge in [0.25, 0.3) is 0 Å². The molecule has 3 amide bonds. The molecule has 0 aliphatic carbocycles. The molecule has 0 N–H and O–H groups in total. The normalized spacial score (nSPS) is 11.3. The molecule has 4 heteroatoms. The van der Waals surface area contributed by atoms with E-state index in [1.807, 2.05) is 0 Å². The van der Waals surface area contributed by atoms with Crippen molar-refractivity contribution in [1.29, 1.82) is 0 Å². The van der Waals surface area contributed by atoms with E-state index < -0.39 is 4.48 Å². The second kappa shape index (κ2) is 15.9. The molecule has 0 aromatic heterocycles. The van der Waals surface area contributed by atoms with Crippen molar-refractivity contribution >= 4 is 19.2 Å². The number of rotatable bonds is 18. The quantitative estimate of drug-likeness (QED) is 0.207. The largest absolute Gasteiger partial charge is 0.315 e. The minimum Gasteiger partial charge on any atom is -0.233 e. The topological polar surface area (TPSA) is 51.2 Å². The molecule has 0 fully saturated rings. The first-order valence-electron chi connectivity index (χ1n) is 9.51. The van der Waals surface area contributed by atoms with Gasteiger partial charge in [0.15, 0.2) is 0 Å². The molecule has 0 atom stereocenters. The summed E-state index contributed by atoms with van der Waals surface area (Å²) in [6.07, 6.45) is 18.9. The van der Waals surface area contributed by atoms with E-state index in [0.29, 0.717) is 25.8 Å². The highest BCUT2D eigenvalue weighted by Crippen LogP contribution is 2.13. The highest BCUT2D eigenvalue weighted by atomic mass is 16.2. The van der Waals surface area contributed by atoms with Crippen molar-refractivity contribution in [2.24, 2.45) is 0 Å². The molecule has 0 aliphatic rings. The van der Waals surface area contributed by atoms with Crippen LogP contribution in [-0.2, 0) is 14.4 Å². The lowest BCUT2D eigenvalue weighted by atomic mass is 10.0. The maximum atomic E-state index is 10.8. The Morgan fingerprint density at radius 3 is 1.13 bits per heavy atom. The molecule has 0 unspecified atom stereocenters. The van der Waals surface area contributed by atoms with E-state index in [1.165, 1.54) is 70.6 Å². The number of nitrogens with zero attached hydrogens (tertiary/aromatic N) is 1. The third-order valence-corrected chi connectivity index (χ3v) is 4.49. The van der Waals surface area contributed by atoms with Crippen LogP contribution in [0.1, 0.15) is 96.8 Å². The van der Waals surface area contributed by atoms with Crippen molar-refractivity contribution in [3.05, 3.63) is 0 Å². The Hall–Kier alpha value is -1.03. The fraction of sp³-hybridized carbons (Fsp3) is 0.842. The van der Waals surface area contributed by atoms with Gasteiger partial charge in [-0.05, 0) is 12.8 Å². The van der Waals surface area contributed by atoms with E-state index >= 15 is 0 Å². The van der Waals surface area contributed by atoms with Gasteiger partial charge in [-0.2, -0.15) is 0 Å². The molecule has 23 heavy (non-hydrogen) atoms. The molecule has 0 spiro atoms. The summed E-state index contributed by atoms with van der Waals surface area (Å²) in [4.78, 5) is 32.3. The zero-order chi connectivity index (χ0) is 17.2. The number of imide groups is 3.